The Labute approximate surface area is 138 Å². The fourth-order valence-electron chi connectivity index (χ4n) is 2.55. The van der Waals surface area contributed by atoms with Gasteiger partial charge in [0.15, 0.2) is 0 Å². The molecular weight excluding hydrogens is 284 g/mol. The quantitative estimate of drug-likeness (QED) is 0.824. The van der Waals surface area contributed by atoms with Crippen LogP contribution in [0.3, 0.4) is 0 Å². The van der Waals surface area contributed by atoms with Gasteiger partial charge in [0.25, 0.3) is 0 Å². The molecule has 1 aromatic heterocycles. The third-order valence-electron chi connectivity index (χ3n) is 3.69. The number of aryl methyl sites for hydroxylation is 1. The van der Waals surface area contributed by atoms with Crippen LogP contribution in [0.5, 0.6) is 0 Å². The summed E-state index contributed by atoms with van der Waals surface area (Å²) in [6.45, 7) is 8.95. The molecule has 0 spiro atoms. The van der Waals surface area contributed by atoms with E-state index in [1.165, 1.54) is 11.9 Å². The van der Waals surface area contributed by atoms with Crippen molar-refractivity contribution in [1.82, 2.24) is 9.97 Å². The minimum atomic E-state index is 0.478. The van der Waals surface area contributed by atoms with Gasteiger partial charge in [-0.3, -0.25) is 0 Å². The first kappa shape index (κ1) is 16.7. The highest BCUT2D eigenvalue weighted by atomic mass is 15.2. The van der Waals surface area contributed by atoms with Crippen molar-refractivity contribution in [3.63, 3.8) is 0 Å². The summed E-state index contributed by atoms with van der Waals surface area (Å²) in [5.41, 5.74) is 10.3. The zero-order chi connectivity index (χ0) is 16.8. The average molecular weight is 308 g/mol. The van der Waals surface area contributed by atoms with E-state index in [0.717, 1.165) is 35.5 Å². The summed E-state index contributed by atoms with van der Waals surface area (Å²) in [4.78, 5) is 10.8. The van der Waals surface area contributed by atoms with E-state index in [-0.39, 0.29) is 0 Å². The number of aromatic nitrogens is 2. The lowest BCUT2D eigenvalue weighted by Gasteiger charge is -2.22. The molecule has 4 nitrogen and oxygen atoms in total. The van der Waals surface area contributed by atoms with E-state index in [1.54, 1.807) is 6.08 Å². The van der Waals surface area contributed by atoms with Crippen molar-refractivity contribution in [3.05, 3.63) is 66.0 Å². The number of anilines is 2. The molecule has 0 radical (unpaired) electrons. The second kappa shape index (κ2) is 7.58. The molecular formula is C19H24N4. The van der Waals surface area contributed by atoms with Crippen molar-refractivity contribution in [2.75, 3.05) is 24.2 Å². The molecule has 0 saturated heterocycles. The van der Waals surface area contributed by atoms with E-state index in [0.29, 0.717) is 5.82 Å². The first-order valence-corrected chi connectivity index (χ1v) is 7.80. The number of nitrogens with zero attached hydrogens (tertiary/aromatic N) is 3. The number of nitrogens with two attached hydrogens (primary N) is 1. The molecule has 0 aliphatic heterocycles. The fourth-order valence-corrected chi connectivity index (χ4v) is 2.55. The normalized spacial score (nSPS) is 11.3. The average Bonchev–Trinajstić information content (AvgIpc) is 2.54. The largest absolute Gasteiger partial charge is 0.383 e. The molecule has 0 amide bonds. The van der Waals surface area contributed by atoms with Gasteiger partial charge in [-0.05, 0) is 24.5 Å². The van der Waals surface area contributed by atoms with Crippen LogP contribution in [0.2, 0.25) is 0 Å². The molecule has 2 rings (SSSR count). The van der Waals surface area contributed by atoms with Gasteiger partial charge in [-0.1, -0.05) is 55.5 Å². The fraction of sp³-hybridized carbons (Fsp3) is 0.263. The molecule has 1 aromatic carbocycles. The lowest BCUT2D eigenvalue weighted by molar-refractivity contribution is 0.833. The van der Waals surface area contributed by atoms with Gasteiger partial charge < -0.3 is 10.6 Å². The minimum absolute atomic E-state index is 0.478. The molecule has 0 fully saturated rings. The Hall–Kier alpha value is -2.62. The second-order valence-electron chi connectivity index (χ2n) is 5.56. The van der Waals surface area contributed by atoms with Gasteiger partial charge in [-0.15, -0.1) is 0 Å². The Morgan fingerprint density at radius 3 is 2.57 bits per heavy atom. The van der Waals surface area contributed by atoms with Crippen molar-refractivity contribution in [2.24, 2.45) is 0 Å². The van der Waals surface area contributed by atoms with E-state index in [1.807, 2.05) is 13.1 Å². The summed E-state index contributed by atoms with van der Waals surface area (Å²) in [5.74, 6) is 1.32. The van der Waals surface area contributed by atoms with Crippen LogP contribution in [0.1, 0.15) is 30.0 Å². The molecule has 2 N–H and O–H groups in total. The molecule has 2 aromatic rings. The molecule has 0 aliphatic carbocycles. The zero-order valence-corrected chi connectivity index (χ0v) is 14.1. The summed E-state index contributed by atoms with van der Waals surface area (Å²) < 4.78 is 0. The molecule has 0 unspecified atom stereocenters. The van der Waals surface area contributed by atoms with E-state index in [2.05, 4.69) is 59.6 Å². The molecule has 0 bridgehead atoms. The maximum absolute atomic E-state index is 6.20. The van der Waals surface area contributed by atoms with Crippen molar-refractivity contribution in [3.8, 4) is 0 Å². The van der Waals surface area contributed by atoms with Crippen LogP contribution >= 0.6 is 0 Å². The predicted octanol–water partition coefficient (Wildman–Crippen LogP) is 3.83. The van der Waals surface area contributed by atoms with Crippen LogP contribution in [-0.2, 0) is 0 Å². The Morgan fingerprint density at radius 1 is 1.26 bits per heavy atom. The van der Waals surface area contributed by atoms with E-state index in [4.69, 9.17) is 5.73 Å². The maximum atomic E-state index is 6.20. The first-order chi connectivity index (χ1) is 11.1. The third-order valence-corrected chi connectivity index (χ3v) is 3.69. The number of hydrogen-bond acceptors (Lipinski definition) is 4. The van der Waals surface area contributed by atoms with Gasteiger partial charge in [0, 0.05) is 13.6 Å². The van der Waals surface area contributed by atoms with Crippen LogP contribution in [0.4, 0.5) is 11.6 Å². The van der Waals surface area contributed by atoms with Crippen LogP contribution in [0, 0.1) is 6.92 Å². The lowest BCUT2D eigenvalue weighted by atomic mass is 9.97. The predicted molar refractivity (Wildman–Crippen MR) is 98.5 cm³/mol. The summed E-state index contributed by atoms with van der Waals surface area (Å²) in [6.07, 6.45) is 6.28. The van der Waals surface area contributed by atoms with Crippen molar-refractivity contribution in [1.29, 1.82) is 0 Å². The van der Waals surface area contributed by atoms with Crippen molar-refractivity contribution in [2.45, 2.75) is 20.3 Å². The summed E-state index contributed by atoms with van der Waals surface area (Å²) in [7, 11) is 2.02. The molecule has 0 atom stereocenters. The molecule has 4 heteroatoms. The smallest absolute Gasteiger partial charge is 0.141 e. The highest BCUT2D eigenvalue weighted by Crippen LogP contribution is 2.33. The number of nitrogen functional groups attached to an aromatic ring is 1. The van der Waals surface area contributed by atoms with Crippen molar-refractivity contribution < 1.29 is 0 Å². The zero-order valence-electron chi connectivity index (χ0n) is 14.1. The van der Waals surface area contributed by atoms with Crippen molar-refractivity contribution >= 4 is 17.2 Å². The van der Waals surface area contributed by atoms with Crippen LogP contribution in [-0.4, -0.2) is 23.6 Å². The Bertz CT molecular complexity index is 702. The molecule has 120 valence electrons. The summed E-state index contributed by atoms with van der Waals surface area (Å²) in [5, 5.41) is 0. The number of benzene rings is 1. The minimum Gasteiger partial charge on any atom is -0.383 e. The maximum Gasteiger partial charge on any atom is 0.141 e. The molecule has 1 heterocycles. The molecule has 0 aliphatic rings. The summed E-state index contributed by atoms with van der Waals surface area (Å²) >= 11 is 0. The standard InChI is InChI=1S/C19H24N4/c1-5-7-16(15-10-8-14(3)9-11-15)17-18(20)21-13-22-19(17)23(4)12-6-2/h5,7-11,13H,1,6,12H2,2-4H3,(H2,20,21,22)/b16-7+. The summed E-state index contributed by atoms with van der Waals surface area (Å²) in [6, 6.07) is 8.34. The van der Waals surface area contributed by atoms with Gasteiger partial charge in [-0.25, -0.2) is 9.97 Å². The Kier molecular flexibility index (Phi) is 5.52. The molecule has 0 saturated carbocycles. The van der Waals surface area contributed by atoms with E-state index < -0.39 is 0 Å². The Morgan fingerprint density at radius 2 is 1.96 bits per heavy atom. The topological polar surface area (TPSA) is 55.0 Å². The SMILES string of the molecule is C=C/C=C(\c1ccc(C)cc1)c1c(N)ncnc1N(C)CCC. The van der Waals surface area contributed by atoms with Gasteiger partial charge in [0.1, 0.15) is 18.0 Å². The van der Waals surface area contributed by atoms with Gasteiger partial charge in [-0.2, -0.15) is 0 Å². The highest BCUT2D eigenvalue weighted by Gasteiger charge is 2.18. The number of hydrogen-bond donors (Lipinski definition) is 1. The van der Waals surface area contributed by atoms with Gasteiger partial charge >= 0.3 is 0 Å². The molecule has 23 heavy (non-hydrogen) atoms. The van der Waals surface area contributed by atoms with Gasteiger partial charge in [0.05, 0.1) is 5.56 Å². The first-order valence-electron chi connectivity index (χ1n) is 7.80. The van der Waals surface area contributed by atoms with Crippen LogP contribution in [0.25, 0.3) is 5.57 Å². The van der Waals surface area contributed by atoms with E-state index in [9.17, 15) is 0 Å². The van der Waals surface area contributed by atoms with Crippen LogP contribution in [0.15, 0.2) is 49.3 Å². The second-order valence-corrected chi connectivity index (χ2v) is 5.56. The van der Waals surface area contributed by atoms with Crippen LogP contribution < -0.4 is 10.6 Å². The van der Waals surface area contributed by atoms with Gasteiger partial charge in [0.2, 0.25) is 0 Å². The van der Waals surface area contributed by atoms with E-state index >= 15 is 0 Å². The third kappa shape index (κ3) is 3.77. The lowest BCUT2D eigenvalue weighted by Crippen LogP contribution is -2.21. The highest BCUT2D eigenvalue weighted by molar-refractivity contribution is 5.90. The number of allylic oxidation sites excluding steroid dienone is 2. The number of rotatable bonds is 6. The monoisotopic (exact) mass is 308 g/mol. The Balaban J connectivity index is 2.62.